The van der Waals surface area contributed by atoms with Gasteiger partial charge in [-0.3, -0.25) is 0 Å². The fourth-order valence-corrected chi connectivity index (χ4v) is 0.620. The molecule has 0 aromatic heterocycles. The Labute approximate surface area is 63.8 Å². The quantitative estimate of drug-likeness (QED) is 0.590. The zero-order valence-corrected chi connectivity index (χ0v) is 7.31. The van der Waals surface area contributed by atoms with E-state index in [-0.39, 0.29) is 0 Å². The summed E-state index contributed by atoms with van der Waals surface area (Å²) in [6.07, 6.45) is 6.22. The molecule has 1 atom stereocenters. The summed E-state index contributed by atoms with van der Waals surface area (Å²) in [7, 11) is 1.97. The Hall–Kier alpha value is -0.560. The molecule has 0 saturated carbocycles. The summed E-state index contributed by atoms with van der Waals surface area (Å²) in [5.41, 5.74) is 1.36. The molecule has 0 aliphatic carbocycles. The number of hydrogen-bond donors (Lipinski definition) is 1. The Kier molecular flexibility index (Phi) is 4.95. The molecule has 0 aromatic carbocycles. The smallest absolute Gasteiger partial charge is 0.0248 e. The SMILES string of the molecule is C/C=C\C=C(/C)C(C)NC. The molecule has 0 bridgehead atoms. The van der Waals surface area contributed by atoms with E-state index < -0.39 is 0 Å². The molecular formula is C9H17N. The van der Waals surface area contributed by atoms with Crippen molar-refractivity contribution in [1.82, 2.24) is 5.32 Å². The van der Waals surface area contributed by atoms with Crippen LogP contribution in [0.4, 0.5) is 0 Å². The average Bonchev–Trinajstić information content (AvgIpc) is 1.98. The van der Waals surface area contributed by atoms with Gasteiger partial charge in [0.2, 0.25) is 0 Å². The minimum absolute atomic E-state index is 0.483. The highest BCUT2D eigenvalue weighted by Gasteiger charge is 1.96. The number of nitrogens with one attached hydrogen (secondary N) is 1. The van der Waals surface area contributed by atoms with Crippen molar-refractivity contribution in [2.45, 2.75) is 26.8 Å². The van der Waals surface area contributed by atoms with Crippen molar-refractivity contribution in [3.05, 3.63) is 23.8 Å². The Balaban J connectivity index is 3.91. The van der Waals surface area contributed by atoms with Crippen LogP contribution in [-0.4, -0.2) is 13.1 Å². The van der Waals surface area contributed by atoms with Crippen LogP contribution >= 0.6 is 0 Å². The minimum Gasteiger partial charge on any atom is -0.314 e. The predicted octanol–water partition coefficient (Wildman–Crippen LogP) is 2.12. The first-order chi connectivity index (χ1) is 4.72. The fourth-order valence-electron chi connectivity index (χ4n) is 0.620. The van der Waals surface area contributed by atoms with Crippen LogP contribution in [0.3, 0.4) is 0 Å². The number of allylic oxidation sites excluding steroid dienone is 3. The topological polar surface area (TPSA) is 12.0 Å². The molecule has 10 heavy (non-hydrogen) atoms. The molecule has 0 fully saturated rings. The predicted molar refractivity (Wildman–Crippen MR) is 47.1 cm³/mol. The van der Waals surface area contributed by atoms with E-state index in [0.717, 1.165) is 0 Å². The molecule has 0 saturated heterocycles. The second-order valence-corrected chi connectivity index (χ2v) is 2.45. The molecule has 0 rings (SSSR count). The van der Waals surface area contributed by atoms with Gasteiger partial charge in [0.05, 0.1) is 0 Å². The van der Waals surface area contributed by atoms with Gasteiger partial charge in [-0.2, -0.15) is 0 Å². The molecule has 0 aromatic rings. The summed E-state index contributed by atoms with van der Waals surface area (Å²) in [6, 6.07) is 0.483. The molecule has 0 aliphatic heterocycles. The monoisotopic (exact) mass is 139 g/mol. The Morgan fingerprint density at radius 1 is 1.50 bits per heavy atom. The van der Waals surface area contributed by atoms with Crippen molar-refractivity contribution in [3.8, 4) is 0 Å². The Morgan fingerprint density at radius 3 is 2.50 bits per heavy atom. The number of likely N-dealkylation sites (N-methyl/N-ethyl adjacent to an activating group) is 1. The van der Waals surface area contributed by atoms with Crippen molar-refractivity contribution in [2.75, 3.05) is 7.05 Å². The maximum atomic E-state index is 3.17. The lowest BCUT2D eigenvalue weighted by Gasteiger charge is -2.08. The van der Waals surface area contributed by atoms with Crippen molar-refractivity contribution < 1.29 is 0 Å². The van der Waals surface area contributed by atoms with E-state index in [0.29, 0.717) is 6.04 Å². The molecule has 1 nitrogen and oxygen atoms in total. The zero-order valence-electron chi connectivity index (χ0n) is 7.31. The summed E-state index contributed by atoms with van der Waals surface area (Å²) in [5.74, 6) is 0. The first kappa shape index (κ1) is 9.44. The minimum atomic E-state index is 0.483. The van der Waals surface area contributed by atoms with Crippen LogP contribution in [0.25, 0.3) is 0 Å². The summed E-state index contributed by atoms with van der Waals surface area (Å²) < 4.78 is 0. The van der Waals surface area contributed by atoms with Crippen molar-refractivity contribution in [2.24, 2.45) is 0 Å². The van der Waals surface area contributed by atoms with E-state index in [1.807, 2.05) is 20.0 Å². The second kappa shape index (κ2) is 5.24. The van der Waals surface area contributed by atoms with Crippen LogP contribution in [0.2, 0.25) is 0 Å². The standard InChI is InChI=1S/C9H17N/c1-5-6-7-8(2)9(3)10-4/h5-7,9-10H,1-4H3/b6-5-,8-7+. The van der Waals surface area contributed by atoms with Gasteiger partial charge in [0.1, 0.15) is 0 Å². The lowest BCUT2D eigenvalue weighted by molar-refractivity contribution is 0.692. The first-order valence-electron chi connectivity index (χ1n) is 3.69. The summed E-state index contributed by atoms with van der Waals surface area (Å²) in [4.78, 5) is 0. The van der Waals surface area contributed by atoms with Gasteiger partial charge in [-0.05, 0) is 27.8 Å². The third kappa shape index (κ3) is 3.46. The van der Waals surface area contributed by atoms with Gasteiger partial charge >= 0.3 is 0 Å². The summed E-state index contributed by atoms with van der Waals surface area (Å²) in [6.45, 7) is 6.30. The van der Waals surface area contributed by atoms with Crippen LogP contribution in [0.15, 0.2) is 23.8 Å². The van der Waals surface area contributed by atoms with Crippen LogP contribution < -0.4 is 5.32 Å². The largest absolute Gasteiger partial charge is 0.314 e. The van der Waals surface area contributed by atoms with Gasteiger partial charge < -0.3 is 5.32 Å². The highest BCUT2D eigenvalue weighted by atomic mass is 14.8. The van der Waals surface area contributed by atoms with Gasteiger partial charge in [0.25, 0.3) is 0 Å². The highest BCUT2D eigenvalue weighted by Crippen LogP contribution is 1.99. The molecule has 0 radical (unpaired) electrons. The molecule has 1 N–H and O–H groups in total. The summed E-state index contributed by atoms with van der Waals surface area (Å²) >= 11 is 0. The van der Waals surface area contributed by atoms with Gasteiger partial charge in [0, 0.05) is 6.04 Å². The third-order valence-electron chi connectivity index (χ3n) is 1.67. The van der Waals surface area contributed by atoms with Gasteiger partial charge in [-0.15, -0.1) is 0 Å². The first-order valence-corrected chi connectivity index (χ1v) is 3.69. The van der Waals surface area contributed by atoms with E-state index in [1.165, 1.54) is 5.57 Å². The van der Waals surface area contributed by atoms with Crippen LogP contribution in [-0.2, 0) is 0 Å². The highest BCUT2D eigenvalue weighted by molar-refractivity contribution is 5.14. The van der Waals surface area contributed by atoms with E-state index >= 15 is 0 Å². The Bertz CT molecular complexity index is 134. The lowest BCUT2D eigenvalue weighted by atomic mass is 10.1. The van der Waals surface area contributed by atoms with Crippen molar-refractivity contribution >= 4 is 0 Å². The molecular weight excluding hydrogens is 122 g/mol. The zero-order chi connectivity index (χ0) is 7.98. The molecule has 0 amide bonds. The maximum Gasteiger partial charge on any atom is 0.0248 e. The van der Waals surface area contributed by atoms with Gasteiger partial charge in [0.15, 0.2) is 0 Å². The molecule has 1 heteroatoms. The number of rotatable bonds is 3. The van der Waals surface area contributed by atoms with Gasteiger partial charge in [-0.1, -0.05) is 23.8 Å². The fraction of sp³-hybridized carbons (Fsp3) is 0.556. The molecule has 0 spiro atoms. The average molecular weight is 139 g/mol. The summed E-state index contributed by atoms with van der Waals surface area (Å²) in [5, 5.41) is 3.17. The van der Waals surface area contributed by atoms with Crippen LogP contribution in [0, 0.1) is 0 Å². The van der Waals surface area contributed by atoms with Gasteiger partial charge in [-0.25, -0.2) is 0 Å². The van der Waals surface area contributed by atoms with E-state index in [4.69, 9.17) is 0 Å². The van der Waals surface area contributed by atoms with Crippen molar-refractivity contribution in [1.29, 1.82) is 0 Å². The maximum absolute atomic E-state index is 3.17. The van der Waals surface area contributed by atoms with E-state index in [9.17, 15) is 0 Å². The normalized spacial score (nSPS) is 16.2. The van der Waals surface area contributed by atoms with Crippen molar-refractivity contribution in [3.63, 3.8) is 0 Å². The Morgan fingerprint density at radius 2 is 2.10 bits per heavy atom. The number of hydrogen-bond acceptors (Lipinski definition) is 1. The lowest BCUT2D eigenvalue weighted by Crippen LogP contribution is -2.21. The van der Waals surface area contributed by atoms with Crippen LogP contribution in [0.5, 0.6) is 0 Å². The second-order valence-electron chi connectivity index (χ2n) is 2.45. The molecule has 1 unspecified atom stereocenters. The van der Waals surface area contributed by atoms with E-state index in [2.05, 4.69) is 31.3 Å². The van der Waals surface area contributed by atoms with Crippen LogP contribution in [0.1, 0.15) is 20.8 Å². The third-order valence-corrected chi connectivity index (χ3v) is 1.67. The van der Waals surface area contributed by atoms with E-state index in [1.54, 1.807) is 0 Å². The molecule has 0 aliphatic rings. The molecule has 58 valence electrons. The molecule has 0 heterocycles.